The lowest BCUT2D eigenvalue weighted by Crippen LogP contribution is -2.16. The van der Waals surface area contributed by atoms with E-state index in [-0.39, 0.29) is 19.0 Å². The molecule has 0 aliphatic rings. The van der Waals surface area contributed by atoms with Gasteiger partial charge in [-0.2, -0.15) is 4.57 Å². The van der Waals surface area contributed by atoms with Crippen molar-refractivity contribution in [2.45, 2.75) is 20.1 Å². The van der Waals surface area contributed by atoms with Crippen LogP contribution in [0.3, 0.4) is 0 Å². The Morgan fingerprint density at radius 1 is 1.40 bits per heavy atom. The first-order valence-corrected chi connectivity index (χ1v) is 5.94. The Bertz CT molecular complexity index is 622. The number of aromatic nitrogens is 2. The molecule has 0 aliphatic heterocycles. The highest BCUT2D eigenvalue weighted by atomic mass is 16.6. The third-order valence-corrected chi connectivity index (χ3v) is 2.75. The van der Waals surface area contributed by atoms with Gasteiger partial charge in [0.15, 0.2) is 12.4 Å². The summed E-state index contributed by atoms with van der Waals surface area (Å²) in [7, 11) is 0. The van der Waals surface area contributed by atoms with Gasteiger partial charge in [0.05, 0.1) is 0 Å². The predicted molar refractivity (Wildman–Crippen MR) is 69.9 cm³/mol. The highest BCUT2D eigenvalue weighted by Gasteiger charge is 2.20. The van der Waals surface area contributed by atoms with Crippen molar-refractivity contribution in [1.29, 1.82) is 0 Å². The van der Waals surface area contributed by atoms with Crippen LogP contribution in [0.4, 0.5) is 5.82 Å². The van der Waals surface area contributed by atoms with Gasteiger partial charge in [-0.15, -0.1) is 0 Å². The second-order valence-electron chi connectivity index (χ2n) is 4.15. The number of hydrogen-bond donors (Lipinski definition) is 0. The van der Waals surface area contributed by atoms with Crippen molar-refractivity contribution in [2.75, 3.05) is 0 Å². The van der Waals surface area contributed by atoms with Crippen molar-refractivity contribution in [3.63, 3.8) is 0 Å². The molecule has 0 bridgehead atoms. The fraction of sp³-hybridized carbons (Fsp3) is 0.231. The van der Waals surface area contributed by atoms with Gasteiger partial charge >= 0.3 is 11.8 Å². The molecular weight excluding hydrogens is 262 g/mol. The van der Waals surface area contributed by atoms with Crippen LogP contribution in [0, 0.1) is 17.0 Å². The number of carbonyl (C=O) groups is 1. The lowest BCUT2D eigenvalue weighted by Gasteiger charge is -2.05. The zero-order valence-electron chi connectivity index (χ0n) is 10.9. The van der Waals surface area contributed by atoms with E-state index in [4.69, 9.17) is 4.74 Å². The molecule has 0 N–H and O–H groups in total. The molecule has 0 saturated heterocycles. The fourth-order valence-corrected chi connectivity index (χ4v) is 1.71. The topological polar surface area (TPSA) is 87.3 Å². The summed E-state index contributed by atoms with van der Waals surface area (Å²) in [6.45, 7) is 1.51. The quantitative estimate of drug-likeness (QED) is 0.472. The molecule has 0 aliphatic carbocycles. The second kappa shape index (κ2) is 5.96. The van der Waals surface area contributed by atoms with Gasteiger partial charge in [-0.1, -0.05) is 30.3 Å². The van der Waals surface area contributed by atoms with E-state index in [2.05, 4.69) is 4.98 Å². The van der Waals surface area contributed by atoms with Gasteiger partial charge in [0.2, 0.25) is 0 Å². The van der Waals surface area contributed by atoms with Gasteiger partial charge in [-0.05, 0) is 10.5 Å². The summed E-state index contributed by atoms with van der Waals surface area (Å²) < 4.78 is 6.30. The average Bonchev–Trinajstić information content (AvgIpc) is 2.79. The van der Waals surface area contributed by atoms with E-state index in [9.17, 15) is 14.9 Å². The molecule has 2 aromatic rings. The molecule has 0 atom stereocenters. The van der Waals surface area contributed by atoms with Gasteiger partial charge in [0.25, 0.3) is 0 Å². The first kappa shape index (κ1) is 13.7. The van der Waals surface area contributed by atoms with Crippen molar-refractivity contribution < 1.29 is 14.5 Å². The van der Waals surface area contributed by atoms with E-state index in [1.54, 1.807) is 6.92 Å². The first-order valence-electron chi connectivity index (χ1n) is 5.94. The highest BCUT2D eigenvalue weighted by Crippen LogP contribution is 2.13. The second-order valence-corrected chi connectivity index (χ2v) is 4.15. The van der Waals surface area contributed by atoms with E-state index >= 15 is 0 Å². The molecule has 0 spiro atoms. The molecule has 0 amide bonds. The molecule has 20 heavy (non-hydrogen) atoms. The lowest BCUT2D eigenvalue weighted by molar-refractivity contribution is -0.392. The van der Waals surface area contributed by atoms with Crippen molar-refractivity contribution >= 4 is 11.8 Å². The van der Waals surface area contributed by atoms with E-state index < -0.39 is 10.9 Å². The zero-order valence-corrected chi connectivity index (χ0v) is 10.9. The standard InChI is InChI=1S/C13H13N3O4/c1-10-14-7-12(16(18)19)15(10)8-13(17)20-9-11-5-3-2-4-6-11/h2-7H,8-9H2,1H3. The first-order chi connectivity index (χ1) is 9.58. The third kappa shape index (κ3) is 3.19. The summed E-state index contributed by atoms with van der Waals surface area (Å²) in [6.07, 6.45) is 1.12. The fourth-order valence-electron chi connectivity index (χ4n) is 1.71. The number of ether oxygens (including phenoxy) is 1. The van der Waals surface area contributed by atoms with Crippen molar-refractivity contribution in [2.24, 2.45) is 0 Å². The Balaban J connectivity index is 1.98. The number of benzene rings is 1. The molecule has 0 unspecified atom stereocenters. The Labute approximate surface area is 115 Å². The van der Waals surface area contributed by atoms with Crippen LogP contribution in [0.15, 0.2) is 36.5 Å². The van der Waals surface area contributed by atoms with Crippen molar-refractivity contribution in [3.8, 4) is 0 Å². The van der Waals surface area contributed by atoms with E-state index in [0.29, 0.717) is 5.82 Å². The van der Waals surface area contributed by atoms with Crippen LogP contribution in [0.2, 0.25) is 0 Å². The SMILES string of the molecule is Cc1ncc([N+](=O)[O-])n1CC(=O)OCc1ccccc1. The predicted octanol–water partition coefficient (Wildman–Crippen LogP) is 1.84. The van der Waals surface area contributed by atoms with Crippen LogP contribution in [0.25, 0.3) is 0 Å². The third-order valence-electron chi connectivity index (χ3n) is 2.75. The maximum absolute atomic E-state index is 11.7. The number of rotatable bonds is 5. The van der Waals surface area contributed by atoms with Gasteiger partial charge in [0.1, 0.15) is 12.8 Å². The smallest absolute Gasteiger partial charge is 0.348 e. The van der Waals surface area contributed by atoms with Gasteiger partial charge < -0.3 is 14.9 Å². The van der Waals surface area contributed by atoms with Crippen LogP contribution in [-0.2, 0) is 22.7 Å². The zero-order chi connectivity index (χ0) is 14.5. The molecule has 2 rings (SSSR count). The summed E-state index contributed by atoms with van der Waals surface area (Å²) in [5.41, 5.74) is 0.859. The molecule has 1 aromatic heterocycles. The number of aryl methyl sites for hydroxylation is 1. The number of nitro groups is 1. The van der Waals surface area contributed by atoms with Gasteiger partial charge in [-0.25, -0.2) is 9.78 Å². The maximum Gasteiger partial charge on any atom is 0.348 e. The molecule has 1 aromatic carbocycles. The summed E-state index contributed by atoms with van der Waals surface area (Å²) >= 11 is 0. The molecule has 0 saturated carbocycles. The Morgan fingerprint density at radius 3 is 2.75 bits per heavy atom. The van der Waals surface area contributed by atoms with Crippen LogP contribution in [0.1, 0.15) is 11.4 Å². The molecule has 104 valence electrons. The molecule has 0 radical (unpaired) electrons. The Hall–Kier alpha value is -2.70. The summed E-state index contributed by atoms with van der Waals surface area (Å²) in [5.74, 6) is -0.370. The minimum absolute atomic E-state index is 0.140. The van der Waals surface area contributed by atoms with Crippen molar-refractivity contribution in [3.05, 3.63) is 58.0 Å². The number of hydrogen-bond acceptors (Lipinski definition) is 5. The van der Waals surface area contributed by atoms with E-state index in [1.807, 2.05) is 30.3 Å². The lowest BCUT2D eigenvalue weighted by atomic mass is 10.2. The Kier molecular flexibility index (Phi) is 4.09. The van der Waals surface area contributed by atoms with Gasteiger partial charge in [-0.3, -0.25) is 0 Å². The van der Waals surface area contributed by atoms with Crippen LogP contribution >= 0.6 is 0 Å². The molecular formula is C13H13N3O4. The van der Waals surface area contributed by atoms with E-state index in [0.717, 1.165) is 11.8 Å². The summed E-state index contributed by atoms with van der Waals surface area (Å²) in [4.78, 5) is 25.7. The molecule has 0 fully saturated rings. The molecule has 1 heterocycles. The normalized spacial score (nSPS) is 10.2. The summed E-state index contributed by atoms with van der Waals surface area (Å²) in [6, 6.07) is 9.21. The number of nitrogens with zero attached hydrogens (tertiary/aromatic N) is 3. The minimum Gasteiger partial charge on any atom is -0.458 e. The highest BCUT2D eigenvalue weighted by molar-refractivity contribution is 5.69. The monoisotopic (exact) mass is 275 g/mol. The van der Waals surface area contributed by atoms with E-state index in [1.165, 1.54) is 4.57 Å². The number of esters is 1. The molecule has 7 nitrogen and oxygen atoms in total. The van der Waals surface area contributed by atoms with Crippen LogP contribution in [-0.4, -0.2) is 20.4 Å². The van der Waals surface area contributed by atoms with Crippen LogP contribution < -0.4 is 0 Å². The number of imidazole rings is 1. The number of carbonyl (C=O) groups excluding carboxylic acids is 1. The average molecular weight is 275 g/mol. The van der Waals surface area contributed by atoms with Crippen LogP contribution in [0.5, 0.6) is 0 Å². The van der Waals surface area contributed by atoms with Gasteiger partial charge in [0, 0.05) is 6.92 Å². The maximum atomic E-state index is 11.7. The minimum atomic E-state index is -0.579. The largest absolute Gasteiger partial charge is 0.458 e. The Morgan fingerprint density at radius 2 is 2.10 bits per heavy atom. The van der Waals surface area contributed by atoms with Crippen molar-refractivity contribution in [1.82, 2.24) is 9.55 Å². The summed E-state index contributed by atoms with van der Waals surface area (Å²) in [5, 5.41) is 10.8. The molecule has 7 heteroatoms.